The van der Waals surface area contributed by atoms with Gasteiger partial charge in [-0.15, -0.1) is 0 Å². The minimum atomic E-state index is -4.56. The van der Waals surface area contributed by atoms with Crippen LogP contribution in [0.15, 0.2) is 24.3 Å². The molecule has 1 fully saturated rings. The third-order valence-electron chi connectivity index (χ3n) is 2.68. The van der Waals surface area contributed by atoms with Gasteiger partial charge in [-0.25, -0.2) is 4.79 Å². The van der Waals surface area contributed by atoms with Crippen LogP contribution < -0.4 is 5.32 Å². The van der Waals surface area contributed by atoms with E-state index in [0.29, 0.717) is 5.69 Å². The molecule has 0 aliphatic heterocycles. The van der Waals surface area contributed by atoms with Crippen LogP contribution in [-0.4, -0.2) is 24.7 Å². The zero-order chi connectivity index (χ0) is 14.8. The van der Waals surface area contributed by atoms with E-state index in [9.17, 15) is 22.8 Å². The Balaban J connectivity index is 1.97. The molecule has 0 bridgehead atoms. The van der Waals surface area contributed by atoms with Crippen molar-refractivity contribution in [3.05, 3.63) is 29.8 Å². The van der Waals surface area contributed by atoms with Crippen molar-refractivity contribution >= 4 is 17.6 Å². The number of esters is 1. The van der Waals surface area contributed by atoms with E-state index in [4.69, 9.17) is 0 Å². The minimum Gasteiger partial charge on any atom is -0.452 e. The van der Waals surface area contributed by atoms with E-state index >= 15 is 0 Å². The molecule has 7 heteroatoms. The average molecular weight is 287 g/mol. The highest BCUT2D eigenvalue weighted by atomic mass is 19.4. The van der Waals surface area contributed by atoms with Gasteiger partial charge in [-0.1, -0.05) is 6.07 Å². The van der Waals surface area contributed by atoms with Crippen molar-refractivity contribution in [1.82, 2.24) is 0 Å². The van der Waals surface area contributed by atoms with Gasteiger partial charge in [0.2, 0.25) is 5.91 Å². The molecule has 0 aromatic heterocycles. The van der Waals surface area contributed by atoms with Gasteiger partial charge in [0.25, 0.3) is 0 Å². The van der Waals surface area contributed by atoms with Gasteiger partial charge in [0, 0.05) is 11.6 Å². The lowest BCUT2D eigenvalue weighted by atomic mass is 10.2. The molecule has 1 aromatic carbocycles. The van der Waals surface area contributed by atoms with E-state index in [1.807, 2.05) is 0 Å². The highest BCUT2D eigenvalue weighted by molar-refractivity contribution is 5.96. The van der Waals surface area contributed by atoms with Crippen molar-refractivity contribution in [1.29, 1.82) is 0 Å². The Labute approximate surface area is 112 Å². The van der Waals surface area contributed by atoms with E-state index in [2.05, 4.69) is 10.1 Å². The fourth-order valence-corrected chi connectivity index (χ4v) is 1.54. The smallest absolute Gasteiger partial charge is 0.422 e. The Morgan fingerprint density at radius 1 is 1.30 bits per heavy atom. The summed E-state index contributed by atoms with van der Waals surface area (Å²) in [5.41, 5.74) is 0.325. The van der Waals surface area contributed by atoms with Crippen LogP contribution in [0.1, 0.15) is 23.2 Å². The van der Waals surface area contributed by atoms with Crippen LogP contribution in [0.25, 0.3) is 0 Å². The van der Waals surface area contributed by atoms with Crippen LogP contribution in [-0.2, 0) is 9.53 Å². The SMILES string of the molecule is O=C(OCC(F)(F)F)c1cccc(NC(=O)C2CC2)c1. The van der Waals surface area contributed by atoms with Crippen molar-refractivity contribution < 1.29 is 27.5 Å². The number of benzene rings is 1. The third kappa shape index (κ3) is 4.25. The Morgan fingerprint density at radius 2 is 2.00 bits per heavy atom. The second kappa shape index (κ2) is 5.52. The van der Waals surface area contributed by atoms with E-state index in [0.717, 1.165) is 12.8 Å². The predicted molar refractivity (Wildman–Crippen MR) is 64.1 cm³/mol. The normalized spacial score (nSPS) is 14.8. The summed E-state index contributed by atoms with van der Waals surface area (Å²) in [5.74, 6) is -1.23. The van der Waals surface area contributed by atoms with Gasteiger partial charge < -0.3 is 10.1 Å². The van der Waals surface area contributed by atoms with Crippen LogP contribution in [0.3, 0.4) is 0 Å². The molecule has 0 radical (unpaired) electrons. The quantitative estimate of drug-likeness (QED) is 0.866. The number of hydrogen-bond acceptors (Lipinski definition) is 3. The summed E-state index contributed by atoms with van der Waals surface area (Å²) in [4.78, 5) is 23.0. The summed E-state index contributed by atoms with van der Waals surface area (Å²) in [6, 6.07) is 5.64. The average Bonchev–Trinajstić information content (AvgIpc) is 3.19. The zero-order valence-electron chi connectivity index (χ0n) is 10.4. The van der Waals surface area contributed by atoms with Crippen molar-refractivity contribution in [3.63, 3.8) is 0 Å². The van der Waals surface area contributed by atoms with E-state index in [1.54, 1.807) is 6.07 Å². The molecule has 1 N–H and O–H groups in total. The first-order valence-electron chi connectivity index (χ1n) is 6.00. The highest BCUT2D eigenvalue weighted by Crippen LogP contribution is 2.30. The predicted octanol–water partition coefficient (Wildman–Crippen LogP) is 2.75. The van der Waals surface area contributed by atoms with Crippen molar-refractivity contribution in [3.8, 4) is 0 Å². The first kappa shape index (κ1) is 14.4. The molecule has 4 nitrogen and oxygen atoms in total. The number of carbonyl (C=O) groups is 2. The summed E-state index contributed by atoms with van der Waals surface area (Å²) in [7, 11) is 0. The second-order valence-corrected chi connectivity index (χ2v) is 4.54. The Kier molecular flexibility index (Phi) is 3.96. The molecule has 1 saturated carbocycles. The molecule has 0 unspecified atom stereocenters. The third-order valence-corrected chi connectivity index (χ3v) is 2.68. The molecule has 1 aliphatic rings. The topological polar surface area (TPSA) is 55.4 Å². The van der Waals surface area contributed by atoms with E-state index < -0.39 is 18.8 Å². The minimum absolute atomic E-state index is 0.00385. The summed E-state index contributed by atoms with van der Waals surface area (Å²) in [6.45, 7) is -1.63. The van der Waals surface area contributed by atoms with Gasteiger partial charge in [-0.2, -0.15) is 13.2 Å². The van der Waals surface area contributed by atoms with Crippen molar-refractivity contribution in [2.24, 2.45) is 5.92 Å². The fraction of sp³-hybridized carbons (Fsp3) is 0.385. The lowest BCUT2D eigenvalue weighted by Crippen LogP contribution is -2.20. The molecule has 0 saturated heterocycles. The number of amides is 1. The molecule has 1 aliphatic carbocycles. The summed E-state index contributed by atoms with van der Waals surface area (Å²) < 4.78 is 40.0. The Bertz CT molecular complexity index is 524. The summed E-state index contributed by atoms with van der Waals surface area (Å²) >= 11 is 0. The van der Waals surface area contributed by atoms with Gasteiger partial charge in [0.05, 0.1) is 5.56 Å². The number of hydrogen-bond donors (Lipinski definition) is 1. The standard InChI is InChI=1S/C13H12F3NO3/c14-13(15,16)7-20-12(19)9-2-1-3-10(6-9)17-11(18)8-4-5-8/h1-3,6,8H,4-5,7H2,(H,17,18). The number of rotatable bonds is 4. The van der Waals surface area contributed by atoms with Crippen molar-refractivity contribution in [2.75, 3.05) is 11.9 Å². The second-order valence-electron chi connectivity index (χ2n) is 4.54. The number of nitrogens with one attached hydrogen (secondary N) is 1. The summed E-state index contributed by atoms with van der Waals surface area (Å²) in [6.07, 6.45) is -2.90. The van der Waals surface area contributed by atoms with Gasteiger partial charge in [0.1, 0.15) is 0 Å². The Hall–Kier alpha value is -2.05. The van der Waals surface area contributed by atoms with Crippen LogP contribution in [0.5, 0.6) is 0 Å². The van der Waals surface area contributed by atoms with Gasteiger partial charge in [-0.3, -0.25) is 4.79 Å². The maximum absolute atomic E-state index is 11.9. The Morgan fingerprint density at radius 3 is 2.60 bits per heavy atom. The molecule has 1 amide bonds. The fourth-order valence-electron chi connectivity index (χ4n) is 1.54. The monoisotopic (exact) mass is 287 g/mol. The summed E-state index contributed by atoms with van der Waals surface area (Å²) in [5, 5.41) is 2.60. The maximum Gasteiger partial charge on any atom is 0.422 e. The molecular formula is C13H12F3NO3. The lowest BCUT2D eigenvalue weighted by molar-refractivity contribution is -0.161. The molecule has 108 valence electrons. The van der Waals surface area contributed by atoms with Gasteiger partial charge in [-0.05, 0) is 31.0 Å². The zero-order valence-corrected chi connectivity index (χ0v) is 10.4. The number of carbonyl (C=O) groups excluding carboxylic acids is 2. The molecule has 0 heterocycles. The molecule has 0 spiro atoms. The molecule has 20 heavy (non-hydrogen) atoms. The number of alkyl halides is 3. The van der Waals surface area contributed by atoms with Crippen LogP contribution in [0.2, 0.25) is 0 Å². The van der Waals surface area contributed by atoms with E-state index in [-0.39, 0.29) is 17.4 Å². The first-order chi connectivity index (χ1) is 9.35. The first-order valence-corrected chi connectivity index (χ1v) is 6.00. The number of ether oxygens (including phenoxy) is 1. The number of anilines is 1. The van der Waals surface area contributed by atoms with Crippen LogP contribution >= 0.6 is 0 Å². The lowest BCUT2D eigenvalue weighted by Gasteiger charge is -2.09. The van der Waals surface area contributed by atoms with Gasteiger partial charge in [0.15, 0.2) is 6.61 Å². The van der Waals surface area contributed by atoms with Crippen LogP contribution in [0, 0.1) is 5.92 Å². The van der Waals surface area contributed by atoms with E-state index in [1.165, 1.54) is 18.2 Å². The molecule has 2 rings (SSSR count). The molecule has 1 aromatic rings. The number of halogens is 3. The molecular weight excluding hydrogens is 275 g/mol. The van der Waals surface area contributed by atoms with Gasteiger partial charge >= 0.3 is 12.1 Å². The largest absolute Gasteiger partial charge is 0.452 e. The molecule has 0 atom stereocenters. The maximum atomic E-state index is 11.9. The van der Waals surface area contributed by atoms with Crippen LogP contribution in [0.4, 0.5) is 18.9 Å². The van der Waals surface area contributed by atoms with Crippen molar-refractivity contribution in [2.45, 2.75) is 19.0 Å². The highest BCUT2D eigenvalue weighted by Gasteiger charge is 2.30.